The van der Waals surface area contributed by atoms with Crippen molar-refractivity contribution in [3.8, 4) is 0 Å². The number of hydrogen-bond donors (Lipinski definition) is 1. The molecule has 1 aromatic carbocycles. The summed E-state index contributed by atoms with van der Waals surface area (Å²) in [5, 5.41) is 3.57. The molecular formula is C18H27ClN2O. The summed E-state index contributed by atoms with van der Waals surface area (Å²) >= 11 is 5.89. The van der Waals surface area contributed by atoms with Crippen molar-refractivity contribution in [1.29, 1.82) is 0 Å². The van der Waals surface area contributed by atoms with Crippen LogP contribution in [0.15, 0.2) is 24.3 Å². The van der Waals surface area contributed by atoms with Crippen LogP contribution in [0.3, 0.4) is 0 Å². The summed E-state index contributed by atoms with van der Waals surface area (Å²) in [5.41, 5.74) is 0.636. The quantitative estimate of drug-likeness (QED) is 0.766. The third-order valence-electron chi connectivity index (χ3n) is 4.22. The fraction of sp³-hybridized carbons (Fsp3) is 0.611. The van der Waals surface area contributed by atoms with Crippen LogP contribution in [0.1, 0.15) is 55.3 Å². The van der Waals surface area contributed by atoms with Crippen molar-refractivity contribution in [1.82, 2.24) is 10.2 Å². The number of nitrogens with zero attached hydrogens (tertiary/aromatic N) is 1. The Morgan fingerprint density at radius 1 is 1.09 bits per heavy atom. The Labute approximate surface area is 139 Å². The number of benzene rings is 1. The van der Waals surface area contributed by atoms with Gasteiger partial charge in [0.1, 0.15) is 0 Å². The molecule has 122 valence electrons. The standard InChI is InChI=1S/C18H27ClN2O/c19-17-10-8-9-16(15-17)18(22)20-11-4-3-7-14-21-12-5-1-2-6-13-21/h8-10,15H,1-7,11-14H2,(H,20,22). The molecule has 1 heterocycles. The largest absolute Gasteiger partial charge is 0.352 e. The third kappa shape index (κ3) is 6.37. The van der Waals surface area contributed by atoms with Crippen LogP contribution in [-0.2, 0) is 0 Å². The molecule has 2 rings (SSSR count). The van der Waals surface area contributed by atoms with Gasteiger partial charge in [0.15, 0.2) is 0 Å². The minimum Gasteiger partial charge on any atom is -0.352 e. The molecule has 0 aromatic heterocycles. The Hall–Kier alpha value is -1.06. The predicted molar refractivity (Wildman–Crippen MR) is 92.5 cm³/mol. The van der Waals surface area contributed by atoms with Gasteiger partial charge < -0.3 is 10.2 Å². The van der Waals surface area contributed by atoms with Gasteiger partial charge in [-0.25, -0.2) is 0 Å². The van der Waals surface area contributed by atoms with Gasteiger partial charge in [0.05, 0.1) is 0 Å². The van der Waals surface area contributed by atoms with E-state index in [2.05, 4.69) is 10.2 Å². The molecule has 0 spiro atoms. The lowest BCUT2D eigenvalue weighted by molar-refractivity contribution is 0.0953. The van der Waals surface area contributed by atoms with Gasteiger partial charge in [-0.3, -0.25) is 4.79 Å². The highest BCUT2D eigenvalue weighted by atomic mass is 35.5. The molecule has 1 amide bonds. The molecule has 1 aliphatic heterocycles. The smallest absolute Gasteiger partial charge is 0.251 e. The van der Waals surface area contributed by atoms with Crippen LogP contribution in [-0.4, -0.2) is 37.0 Å². The average molecular weight is 323 g/mol. The molecule has 0 unspecified atom stereocenters. The summed E-state index contributed by atoms with van der Waals surface area (Å²) in [6, 6.07) is 7.08. The molecule has 1 saturated heterocycles. The van der Waals surface area contributed by atoms with Crippen LogP contribution < -0.4 is 5.32 Å². The lowest BCUT2D eigenvalue weighted by Gasteiger charge is -2.19. The SMILES string of the molecule is O=C(NCCCCCN1CCCCCC1)c1cccc(Cl)c1. The van der Waals surface area contributed by atoms with E-state index in [1.807, 2.05) is 0 Å². The lowest BCUT2D eigenvalue weighted by Crippen LogP contribution is -2.26. The number of carbonyl (C=O) groups excluding carboxylic acids is 1. The van der Waals surface area contributed by atoms with Gasteiger partial charge in [0, 0.05) is 17.1 Å². The zero-order chi connectivity index (χ0) is 15.6. The topological polar surface area (TPSA) is 32.3 Å². The first-order valence-electron chi connectivity index (χ1n) is 8.52. The fourth-order valence-electron chi connectivity index (χ4n) is 2.93. The van der Waals surface area contributed by atoms with Crippen molar-refractivity contribution in [3.05, 3.63) is 34.9 Å². The zero-order valence-electron chi connectivity index (χ0n) is 13.3. The average Bonchev–Trinajstić information content (AvgIpc) is 2.79. The molecule has 1 fully saturated rings. The summed E-state index contributed by atoms with van der Waals surface area (Å²) in [4.78, 5) is 14.5. The van der Waals surface area contributed by atoms with Gasteiger partial charge in [0.25, 0.3) is 5.91 Å². The van der Waals surface area contributed by atoms with E-state index in [-0.39, 0.29) is 5.91 Å². The van der Waals surface area contributed by atoms with Crippen molar-refractivity contribution < 1.29 is 4.79 Å². The van der Waals surface area contributed by atoms with E-state index in [1.165, 1.54) is 58.2 Å². The molecular weight excluding hydrogens is 296 g/mol. The van der Waals surface area contributed by atoms with Crippen LogP contribution in [0.5, 0.6) is 0 Å². The van der Waals surface area contributed by atoms with Crippen molar-refractivity contribution in [2.45, 2.75) is 44.9 Å². The van der Waals surface area contributed by atoms with Crippen LogP contribution in [0.25, 0.3) is 0 Å². The minimum absolute atomic E-state index is 0.0324. The molecule has 22 heavy (non-hydrogen) atoms. The summed E-state index contributed by atoms with van der Waals surface area (Å²) in [6.45, 7) is 4.49. The molecule has 3 nitrogen and oxygen atoms in total. The van der Waals surface area contributed by atoms with E-state index in [0.29, 0.717) is 10.6 Å². The first kappa shape index (κ1) is 17.3. The van der Waals surface area contributed by atoms with Crippen molar-refractivity contribution in [2.75, 3.05) is 26.2 Å². The first-order valence-corrected chi connectivity index (χ1v) is 8.89. The van der Waals surface area contributed by atoms with Crippen LogP contribution >= 0.6 is 11.6 Å². The molecule has 1 aliphatic rings. The molecule has 0 bridgehead atoms. The van der Waals surface area contributed by atoms with E-state index in [9.17, 15) is 4.79 Å². The second-order valence-electron chi connectivity index (χ2n) is 6.08. The van der Waals surface area contributed by atoms with Gasteiger partial charge >= 0.3 is 0 Å². The fourth-order valence-corrected chi connectivity index (χ4v) is 3.12. The molecule has 1 N–H and O–H groups in total. The van der Waals surface area contributed by atoms with Gasteiger partial charge in [0.2, 0.25) is 0 Å². The predicted octanol–water partition coefficient (Wildman–Crippen LogP) is 4.12. The monoisotopic (exact) mass is 322 g/mol. The number of amides is 1. The maximum atomic E-state index is 11.9. The minimum atomic E-state index is -0.0324. The Kier molecular flexibility index (Phi) is 7.75. The van der Waals surface area contributed by atoms with E-state index in [1.54, 1.807) is 24.3 Å². The second kappa shape index (κ2) is 9.86. The summed E-state index contributed by atoms with van der Waals surface area (Å²) in [7, 11) is 0. The lowest BCUT2D eigenvalue weighted by atomic mass is 10.2. The zero-order valence-corrected chi connectivity index (χ0v) is 14.1. The Morgan fingerprint density at radius 2 is 1.86 bits per heavy atom. The number of likely N-dealkylation sites (tertiary alicyclic amines) is 1. The van der Waals surface area contributed by atoms with E-state index in [4.69, 9.17) is 11.6 Å². The summed E-state index contributed by atoms with van der Waals surface area (Å²) in [6.07, 6.45) is 8.95. The molecule has 0 aliphatic carbocycles. The molecule has 0 atom stereocenters. The second-order valence-corrected chi connectivity index (χ2v) is 6.52. The maximum absolute atomic E-state index is 11.9. The number of rotatable bonds is 7. The normalized spacial score (nSPS) is 16.2. The number of hydrogen-bond acceptors (Lipinski definition) is 2. The van der Waals surface area contributed by atoms with Crippen molar-refractivity contribution in [2.24, 2.45) is 0 Å². The number of unbranched alkanes of at least 4 members (excludes halogenated alkanes) is 2. The Balaban J connectivity index is 1.54. The highest BCUT2D eigenvalue weighted by Crippen LogP contribution is 2.11. The molecule has 4 heteroatoms. The van der Waals surface area contributed by atoms with E-state index in [0.717, 1.165) is 13.0 Å². The van der Waals surface area contributed by atoms with Gasteiger partial charge in [-0.2, -0.15) is 0 Å². The van der Waals surface area contributed by atoms with Gasteiger partial charge in [-0.15, -0.1) is 0 Å². The summed E-state index contributed by atoms with van der Waals surface area (Å²) in [5.74, 6) is -0.0324. The number of halogens is 1. The van der Waals surface area contributed by atoms with E-state index < -0.39 is 0 Å². The molecule has 0 saturated carbocycles. The van der Waals surface area contributed by atoms with Crippen LogP contribution in [0, 0.1) is 0 Å². The highest BCUT2D eigenvalue weighted by Gasteiger charge is 2.08. The van der Waals surface area contributed by atoms with Crippen molar-refractivity contribution in [3.63, 3.8) is 0 Å². The van der Waals surface area contributed by atoms with Crippen molar-refractivity contribution >= 4 is 17.5 Å². The maximum Gasteiger partial charge on any atom is 0.251 e. The van der Waals surface area contributed by atoms with Crippen LogP contribution in [0.4, 0.5) is 0 Å². The molecule has 0 radical (unpaired) electrons. The molecule has 1 aromatic rings. The third-order valence-corrected chi connectivity index (χ3v) is 4.46. The Bertz CT molecular complexity index is 456. The van der Waals surface area contributed by atoms with Crippen LogP contribution in [0.2, 0.25) is 5.02 Å². The highest BCUT2D eigenvalue weighted by molar-refractivity contribution is 6.30. The summed E-state index contributed by atoms with van der Waals surface area (Å²) < 4.78 is 0. The first-order chi connectivity index (χ1) is 10.8. The van der Waals surface area contributed by atoms with Gasteiger partial charge in [-0.1, -0.05) is 36.9 Å². The number of carbonyl (C=O) groups is 1. The Morgan fingerprint density at radius 3 is 2.59 bits per heavy atom. The number of nitrogens with one attached hydrogen (secondary N) is 1. The van der Waals surface area contributed by atoms with E-state index >= 15 is 0 Å². The van der Waals surface area contributed by atoms with Gasteiger partial charge in [-0.05, 0) is 63.5 Å².